The fourth-order valence-electron chi connectivity index (χ4n) is 6.87. The van der Waals surface area contributed by atoms with Crippen LogP contribution in [0.15, 0.2) is 18.7 Å². The first-order chi connectivity index (χ1) is 12.0. The average Bonchev–Trinajstić information content (AvgIpc) is 3.06. The van der Waals surface area contributed by atoms with E-state index in [0.717, 1.165) is 44.2 Å². The van der Waals surface area contributed by atoms with Gasteiger partial charge in [-0.2, -0.15) is 0 Å². The van der Waals surface area contributed by atoms with E-state index in [1.165, 1.54) is 38.5 Å². The average molecular weight is 406 g/mol. The Morgan fingerprint density at radius 1 is 1.16 bits per heavy atom. The molecule has 1 amide bonds. The van der Waals surface area contributed by atoms with Crippen LogP contribution in [-0.4, -0.2) is 37.8 Å². The van der Waals surface area contributed by atoms with Gasteiger partial charge in [0.2, 0.25) is 5.91 Å². The molecule has 1 aromatic heterocycles. The van der Waals surface area contributed by atoms with Gasteiger partial charge in [-0.3, -0.25) is 4.79 Å². The Morgan fingerprint density at radius 3 is 2.48 bits per heavy atom. The van der Waals surface area contributed by atoms with E-state index < -0.39 is 0 Å². The Kier molecular flexibility index (Phi) is 3.81. The molecule has 0 aromatic carbocycles. The molecule has 1 aromatic rings. The zero-order valence-corrected chi connectivity index (χ0v) is 16.5. The lowest BCUT2D eigenvalue weighted by atomic mass is 9.48. The minimum atomic E-state index is 0.297. The Bertz CT molecular complexity index is 636. The van der Waals surface area contributed by atoms with Gasteiger partial charge in [0.15, 0.2) is 0 Å². The fraction of sp³-hybridized carbons (Fsp3) is 0.800. The summed E-state index contributed by atoms with van der Waals surface area (Å²) in [6.07, 6.45) is 16.6. The highest BCUT2D eigenvalue weighted by Gasteiger charge is 2.57. The third-order valence-electron chi connectivity index (χ3n) is 7.40. The van der Waals surface area contributed by atoms with Crippen molar-refractivity contribution in [2.24, 2.45) is 17.3 Å². The molecule has 5 heteroatoms. The first kappa shape index (κ1) is 16.3. The number of hydrogen-bond donors (Lipinski definition) is 0. The molecule has 1 saturated heterocycles. The summed E-state index contributed by atoms with van der Waals surface area (Å²) in [6.45, 7) is 1.81. The number of imidazole rings is 1. The Hall–Kier alpha value is -0.840. The molecule has 0 radical (unpaired) electrons. The van der Waals surface area contributed by atoms with Gasteiger partial charge in [0, 0.05) is 42.3 Å². The summed E-state index contributed by atoms with van der Waals surface area (Å²) < 4.78 is 2.56. The minimum absolute atomic E-state index is 0.297. The molecule has 1 aliphatic heterocycles. The number of rotatable bonds is 3. The van der Waals surface area contributed by atoms with Gasteiger partial charge in [-0.25, -0.2) is 4.98 Å². The third-order valence-corrected chi connectivity index (χ3v) is 8.33. The highest BCUT2D eigenvalue weighted by Crippen LogP contribution is 2.65. The maximum absolute atomic E-state index is 13.1. The number of alkyl halides is 1. The van der Waals surface area contributed by atoms with E-state index >= 15 is 0 Å². The smallest absolute Gasteiger partial charge is 0.223 e. The topological polar surface area (TPSA) is 38.1 Å². The van der Waals surface area contributed by atoms with Crippen LogP contribution in [0.5, 0.6) is 0 Å². The SMILES string of the molecule is O=C(CC12CC3CC(CC(Br)(C3)C1)C2)N1CCC(n2ccnc2)CC1. The van der Waals surface area contributed by atoms with Gasteiger partial charge in [-0.15, -0.1) is 0 Å². The second-order valence-corrected chi connectivity index (χ2v) is 11.1. The number of carbonyl (C=O) groups is 1. The van der Waals surface area contributed by atoms with Crippen LogP contribution in [0.1, 0.15) is 63.8 Å². The maximum Gasteiger partial charge on any atom is 0.223 e. The largest absolute Gasteiger partial charge is 0.343 e. The number of halogens is 1. The predicted molar refractivity (Wildman–Crippen MR) is 100 cm³/mol. The molecule has 136 valence electrons. The van der Waals surface area contributed by atoms with Crippen molar-refractivity contribution in [3.8, 4) is 0 Å². The molecular weight excluding hydrogens is 378 g/mol. The van der Waals surface area contributed by atoms with Crippen molar-refractivity contribution in [3.63, 3.8) is 0 Å². The molecule has 4 saturated carbocycles. The fourth-order valence-corrected chi connectivity index (χ4v) is 8.38. The number of hydrogen-bond acceptors (Lipinski definition) is 2. The zero-order valence-electron chi connectivity index (χ0n) is 14.9. The van der Waals surface area contributed by atoms with E-state index in [0.29, 0.717) is 21.7 Å². The van der Waals surface area contributed by atoms with Crippen LogP contribution in [0.4, 0.5) is 0 Å². The van der Waals surface area contributed by atoms with Crippen LogP contribution in [0.2, 0.25) is 0 Å². The number of aromatic nitrogens is 2. The lowest BCUT2D eigenvalue weighted by Gasteiger charge is -2.60. The lowest BCUT2D eigenvalue weighted by molar-refractivity contribution is -0.139. The second kappa shape index (κ2) is 5.83. The number of likely N-dealkylation sites (tertiary alicyclic amines) is 1. The molecule has 4 bridgehead atoms. The molecule has 0 N–H and O–H groups in total. The highest BCUT2D eigenvalue weighted by atomic mass is 79.9. The quantitative estimate of drug-likeness (QED) is 0.707. The van der Waals surface area contributed by atoms with Crippen molar-refractivity contribution in [2.75, 3.05) is 13.1 Å². The Morgan fingerprint density at radius 2 is 1.88 bits per heavy atom. The Labute approximate surface area is 158 Å². The van der Waals surface area contributed by atoms with E-state index in [4.69, 9.17) is 0 Å². The molecule has 2 unspecified atom stereocenters. The zero-order chi connectivity index (χ0) is 17.1. The van der Waals surface area contributed by atoms with Gasteiger partial charge >= 0.3 is 0 Å². The number of nitrogens with zero attached hydrogens (tertiary/aromatic N) is 3. The molecule has 2 heterocycles. The normalized spacial score (nSPS) is 40.6. The van der Waals surface area contributed by atoms with Crippen LogP contribution >= 0.6 is 15.9 Å². The van der Waals surface area contributed by atoms with Crippen molar-refractivity contribution in [3.05, 3.63) is 18.7 Å². The predicted octanol–water partition coefficient (Wildman–Crippen LogP) is 4.17. The summed E-state index contributed by atoms with van der Waals surface area (Å²) in [7, 11) is 0. The molecular formula is C20H28BrN3O. The van der Waals surface area contributed by atoms with E-state index in [2.05, 4.69) is 30.4 Å². The molecule has 5 aliphatic rings. The van der Waals surface area contributed by atoms with E-state index in [1.807, 2.05) is 18.7 Å². The first-order valence-corrected chi connectivity index (χ1v) is 10.8. The molecule has 25 heavy (non-hydrogen) atoms. The van der Waals surface area contributed by atoms with Gasteiger partial charge in [0.1, 0.15) is 0 Å². The van der Waals surface area contributed by atoms with E-state index in [1.54, 1.807) is 0 Å². The van der Waals surface area contributed by atoms with Crippen molar-refractivity contribution in [1.29, 1.82) is 0 Å². The summed E-state index contributed by atoms with van der Waals surface area (Å²) in [5, 5.41) is 0. The van der Waals surface area contributed by atoms with Crippen molar-refractivity contribution in [2.45, 2.75) is 68.2 Å². The lowest BCUT2D eigenvalue weighted by Crippen LogP contribution is -2.54. The van der Waals surface area contributed by atoms with Gasteiger partial charge in [0.25, 0.3) is 0 Å². The van der Waals surface area contributed by atoms with Crippen LogP contribution in [0, 0.1) is 17.3 Å². The van der Waals surface area contributed by atoms with E-state index in [9.17, 15) is 4.79 Å². The molecule has 6 rings (SSSR count). The molecule has 4 nitrogen and oxygen atoms in total. The van der Waals surface area contributed by atoms with Crippen LogP contribution in [0.25, 0.3) is 0 Å². The van der Waals surface area contributed by atoms with Gasteiger partial charge in [0.05, 0.1) is 6.33 Å². The van der Waals surface area contributed by atoms with Crippen molar-refractivity contribution < 1.29 is 4.79 Å². The Balaban J connectivity index is 1.23. The maximum atomic E-state index is 13.1. The molecule has 2 atom stereocenters. The van der Waals surface area contributed by atoms with Gasteiger partial charge < -0.3 is 9.47 Å². The summed E-state index contributed by atoms with van der Waals surface area (Å²) in [4.78, 5) is 19.4. The number of piperidine rings is 1. The summed E-state index contributed by atoms with van der Waals surface area (Å²) in [6, 6.07) is 0.511. The number of carbonyl (C=O) groups excluding carboxylic acids is 1. The molecule has 5 fully saturated rings. The van der Waals surface area contributed by atoms with Gasteiger partial charge in [-0.1, -0.05) is 15.9 Å². The van der Waals surface area contributed by atoms with Crippen LogP contribution in [0.3, 0.4) is 0 Å². The molecule has 4 aliphatic carbocycles. The molecule has 0 spiro atoms. The van der Waals surface area contributed by atoms with Crippen LogP contribution in [-0.2, 0) is 4.79 Å². The summed E-state index contributed by atoms with van der Waals surface area (Å²) >= 11 is 4.07. The second-order valence-electron chi connectivity index (χ2n) is 9.41. The van der Waals surface area contributed by atoms with Crippen molar-refractivity contribution >= 4 is 21.8 Å². The van der Waals surface area contributed by atoms with Gasteiger partial charge in [-0.05, 0) is 68.6 Å². The van der Waals surface area contributed by atoms with Crippen molar-refractivity contribution in [1.82, 2.24) is 14.5 Å². The third kappa shape index (κ3) is 2.96. The minimum Gasteiger partial charge on any atom is -0.343 e. The number of amides is 1. The standard InChI is InChI=1S/C20H28BrN3O/c21-20-10-15-7-16(11-20)9-19(8-15,13-20)12-18(25)23-4-1-17(2-5-23)24-6-3-22-14-24/h3,6,14-17H,1-2,4-5,7-13H2. The monoisotopic (exact) mass is 405 g/mol. The first-order valence-electron chi connectivity index (χ1n) is 9.97. The van der Waals surface area contributed by atoms with E-state index in [-0.39, 0.29) is 0 Å². The highest BCUT2D eigenvalue weighted by molar-refractivity contribution is 9.10. The summed E-state index contributed by atoms with van der Waals surface area (Å²) in [5.74, 6) is 2.14. The van der Waals surface area contributed by atoms with Crippen LogP contribution < -0.4 is 0 Å². The summed E-state index contributed by atoms with van der Waals surface area (Å²) in [5.41, 5.74) is 0.297.